The van der Waals surface area contributed by atoms with Crippen LogP contribution >= 0.6 is 0 Å². The highest BCUT2D eigenvalue weighted by molar-refractivity contribution is 7.92. The minimum Gasteiger partial charge on any atom is -0.354 e. The minimum absolute atomic E-state index is 0.106. The molecule has 0 heterocycles. The number of hydrogen-bond donors (Lipinski definition) is 1. The van der Waals surface area contributed by atoms with Gasteiger partial charge in [0.1, 0.15) is 6.04 Å². The fraction of sp³-hybridized carbons (Fsp3) is 0.394. The van der Waals surface area contributed by atoms with Crippen LogP contribution in [0.15, 0.2) is 72.8 Å². The Hall–Kier alpha value is -3.65. The van der Waals surface area contributed by atoms with Crippen molar-refractivity contribution in [3.63, 3.8) is 0 Å². The van der Waals surface area contributed by atoms with Crippen molar-refractivity contribution in [2.24, 2.45) is 0 Å². The van der Waals surface area contributed by atoms with E-state index in [-0.39, 0.29) is 31.3 Å². The summed E-state index contributed by atoms with van der Waals surface area (Å²) >= 11 is 0. The van der Waals surface area contributed by atoms with E-state index in [9.17, 15) is 18.0 Å². The van der Waals surface area contributed by atoms with Gasteiger partial charge in [0.25, 0.3) is 0 Å². The van der Waals surface area contributed by atoms with E-state index in [0.717, 1.165) is 34.2 Å². The molecule has 0 fully saturated rings. The zero-order valence-corrected chi connectivity index (χ0v) is 25.7. The zero-order chi connectivity index (χ0) is 30.0. The number of carbonyl (C=O) groups excluding carboxylic acids is 2. The first-order valence-corrected chi connectivity index (χ1v) is 16.1. The molecule has 2 amide bonds. The van der Waals surface area contributed by atoms with Crippen molar-refractivity contribution >= 4 is 27.5 Å². The molecule has 220 valence electrons. The third kappa shape index (κ3) is 9.46. The van der Waals surface area contributed by atoms with Gasteiger partial charge in [-0.2, -0.15) is 0 Å². The van der Waals surface area contributed by atoms with Gasteiger partial charge in [-0.3, -0.25) is 13.9 Å². The molecule has 8 heteroatoms. The van der Waals surface area contributed by atoms with E-state index < -0.39 is 16.1 Å². The van der Waals surface area contributed by atoms with Gasteiger partial charge in [-0.25, -0.2) is 8.42 Å². The van der Waals surface area contributed by atoms with Crippen molar-refractivity contribution in [2.45, 2.75) is 66.0 Å². The third-order valence-electron chi connectivity index (χ3n) is 7.07. The summed E-state index contributed by atoms with van der Waals surface area (Å²) in [6.07, 6.45) is 2.78. The van der Waals surface area contributed by atoms with Gasteiger partial charge >= 0.3 is 0 Å². The quantitative estimate of drug-likeness (QED) is 0.281. The molecule has 0 bridgehead atoms. The van der Waals surface area contributed by atoms with Crippen LogP contribution in [-0.4, -0.2) is 50.5 Å². The molecular formula is C33H43N3O4S. The lowest BCUT2D eigenvalue weighted by atomic mass is 10.0. The molecule has 0 spiro atoms. The van der Waals surface area contributed by atoms with Crippen LogP contribution in [0.3, 0.4) is 0 Å². The number of aryl methyl sites for hydroxylation is 3. The van der Waals surface area contributed by atoms with Crippen LogP contribution in [0.4, 0.5) is 5.69 Å². The van der Waals surface area contributed by atoms with E-state index in [2.05, 4.69) is 5.32 Å². The Balaban J connectivity index is 1.89. The lowest BCUT2D eigenvalue weighted by Crippen LogP contribution is -2.50. The Kier molecular flexibility index (Phi) is 11.5. The highest BCUT2D eigenvalue weighted by Gasteiger charge is 2.30. The number of nitrogens with zero attached hydrogens (tertiary/aromatic N) is 2. The Morgan fingerprint density at radius 1 is 0.902 bits per heavy atom. The lowest BCUT2D eigenvalue weighted by molar-refractivity contribution is -0.141. The standard InChI is InChI=1S/C33H43N3O4S/c1-6-18-34-33(38)31(23-28-14-8-7-9-15-28)35(24-29-16-11-10-13-27(29)4)32(37)17-12-19-36(41(5,39)40)30-21-25(2)20-26(3)22-30/h7-11,13-16,20-22,31H,6,12,17-19,23-24H2,1-5H3,(H,34,38)/t31-/m1/s1. The van der Waals surface area contributed by atoms with Crippen molar-refractivity contribution in [3.05, 3.63) is 101 Å². The average molecular weight is 578 g/mol. The predicted molar refractivity (Wildman–Crippen MR) is 166 cm³/mol. The Morgan fingerprint density at radius 3 is 2.15 bits per heavy atom. The summed E-state index contributed by atoms with van der Waals surface area (Å²) in [4.78, 5) is 29.1. The topological polar surface area (TPSA) is 86.8 Å². The SMILES string of the molecule is CCCNC(=O)[C@@H](Cc1ccccc1)N(Cc1ccccc1C)C(=O)CCCN(c1cc(C)cc(C)c1)S(C)(=O)=O. The van der Waals surface area contributed by atoms with Gasteiger partial charge in [0, 0.05) is 32.5 Å². The molecule has 1 atom stereocenters. The largest absolute Gasteiger partial charge is 0.354 e. The Morgan fingerprint density at radius 2 is 1.54 bits per heavy atom. The first-order chi connectivity index (χ1) is 19.5. The average Bonchev–Trinajstić information content (AvgIpc) is 2.91. The van der Waals surface area contributed by atoms with E-state index >= 15 is 0 Å². The Bertz CT molecular complexity index is 1400. The van der Waals surface area contributed by atoms with Gasteiger partial charge in [0.05, 0.1) is 11.9 Å². The summed E-state index contributed by atoms with van der Waals surface area (Å²) < 4.78 is 26.8. The van der Waals surface area contributed by atoms with Crippen LogP contribution in [0.1, 0.15) is 54.0 Å². The van der Waals surface area contributed by atoms with Crippen LogP contribution in [0, 0.1) is 20.8 Å². The fourth-order valence-corrected chi connectivity index (χ4v) is 5.94. The maximum atomic E-state index is 13.9. The molecule has 0 saturated heterocycles. The fourth-order valence-electron chi connectivity index (χ4n) is 4.99. The van der Waals surface area contributed by atoms with Crippen molar-refractivity contribution in [2.75, 3.05) is 23.7 Å². The number of sulfonamides is 1. The predicted octanol–water partition coefficient (Wildman–Crippen LogP) is 5.32. The van der Waals surface area contributed by atoms with Gasteiger partial charge < -0.3 is 10.2 Å². The number of carbonyl (C=O) groups is 2. The summed E-state index contributed by atoms with van der Waals surface area (Å²) in [6, 6.07) is 22.5. The molecule has 3 rings (SSSR count). The monoisotopic (exact) mass is 577 g/mol. The molecule has 0 aliphatic heterocycles. The first kappa shape index (κ1) is 31.9. The molecule has 0 aliphatic carbocycles. The van der Waals surface area contributed by atoms with Crippen LogP contribution in [0.5, 0.6) is 0 Å². The minimum atomic E-state index is -3.56. The van der Waals surface area contributed by atoms with Gasteiger partial charge in [0.15, 0.2) is 0 Å². The molecule has 1 N–H and O–H groups in total. The molecule has 0 saturated carbocycles. The summed E-state index contributed by atoms with van der Waals surface area (Å²) in [5.41, 5.74) is 5.50. The summed E-state index contributed by atoms with van der Waals surface area (Å²) in [6.45, 7) is 8.82. The molecule has 7 nitrogen and oxygen atoms in total. The van der Waals surface area contributed by atoms with E-state index in [1.165, 1.54) is 10.6 Å². The normalized spacial score (nSPS) is 12.0. The molecule has 3 aromatic carbocycles. The number of anilines is 1. The van der Waals surface area contributed by atoms with Crippen molar-refractivity contribution < 1.29 is 18.0 Å². The first-order valence-electron chi connectivity index (χ1n) is 14.2. The van der Waals surface area contributed by atoms with Crippen LogP contribution in [0.25, 0.3) is 0 Å². The zero-order valence-electron chi connectivity index (χ0n) is 24.9. The summed E-state index contributed by atoms with van der Waals surface area (Å²) in [5, 5.41) is 2.99. The number of amides is 2. The molecule has 0 aliphatic rings. The van der Waals surface area contributed by atoms with E-state index in [0.29, 0.717) is 25.1 Å². The van der Waals surface area contributed by atoms with E-state index in [1.54, 1.807) is 4.90 Å². The lowest BCUT2D eigenvalue weighted by Gasteiger charge is -2.32. The number of hydrogen-bond acceptors (Lipinski definition) is 4. The van der Waals surface area contributed by atoms with E-state index in [4.69, 9.17) is 0 Å². The molecule has 0 aromatic heterocycles. The number of benzene rings is 3. The second kappa shape index (κ2) is 14.8. The van der Waals surface area contributed by atoms with Gasteiger partial charge in [0.2, 0.25) is 21.8 Å². The van der Waals surface area contributed by atoms with Crippen molar-refractivity contribution in [3.8, 4) is 0 Å². The van der Waals surface area contributed by atoms with Gasteiger partial charge in [-0.15, -0.1) is 0 Å². The third-order valence-corrected chi connectivity index (χ3v) is 8.26. The van der Waals surface area contributed by atoms with Crippen molar-refractivity contribution in [1.29, 1.82) is 0 Å². The number of nitrogens with one attached hydrogen (secondary N) is 1. The summed E-state index contributed by atoms with van der Waals surface area (Å²) in [5.74, 6) is -0.375. The molecule has 0 unspecified atom stereocenters. The highest BCUT2D eigenvalue weighted by atomic mass is 32.2. The van der Waals surface area contributed by atoms with Crippen molar-refractivity contribution in [1.82, 2.24) is 10.2 Å². The molecule has 41 heavy (non-hydrogen) atoms. The molecule has 3 aromatic rings. The van der Waals surface area contributed by atoms with Crippen LogP contribution < -0.4 is 9.62 Å². The summed E-state index contributed by atoms with van der Waals surface area (Å²) in [7, 11) is -3.56. The maximum Gasteiger partial charge on any atom is 0.243 e. The van der Waals surface area contributed by atoms with Gasteiger partial charge in [-0.05, 0) is 73.6 Å². The second-order valence-electron chi connectivity index (χ2n) is 10.7. The Labute approximate surface area is 245 Å². The van der Waals surface area contributed by atoms with E-state index in [1.807, 2.05) is 100 Å². The highest BCUT2D eigenvalue weighted by Crippen LogP contribution is 2.23. The number of rotatable bonds is 14. The molecule has 0 radical (unpaired) electrons. The van der Waals surface area contributed by atoms with Gasteiger partial charge in [-0.1, -0.05) is 67.6 Å². The maximum absolute atomic E-state index is 13.9. The smallest absolute Gasteiger partial charge is 0.243 e. The van der Waals surface area contributed by atoms with Crippen LogP contribution in [-0.2, 0) is 32.6 Å². The molecular weight excluding hydrogens is 534 g/mol. The second-order valence-corrected chi connectivity index (χ2v) is 12.6. The van der Waals surface area contributed by atoms with Crippen LogP contribution in [0.2, 0.25) is 0 Å².